The summed E-state index contributed by atoms with van der Waals surface area (Å²) >= 11 is 3.48. The molecule has 0 bridgehead atoms. The quantitative estimate of drug-likeness (QED) is 0.716. The Morgan fingerprint density at radius 3 is 2.63 bits per heavy atom. The molecule has 0 fully saturated rings. The molecule has 1 aromatic carbocycles. The fraction of sp³-hybridized carbons (Fsp3) is 0.133. The first kappa shape index (κ1) is 12.2. The molecule has 0 unspecified atom stereocenters. The fourth-order valence-corrected chi connectivity index (χ4v) is 2.53. The largest absolute Gasteiger partial charge is 0.377 e. The highest BCUT2D eigenvalue weighted by Crippen LogP contribution is 2.29. The molecule has 0 radical (unpaired) electrons. The molecule has 0 N–H and O–H groups in total. The Labute approximate surface area is 120 Å². The minimum absolute atomic E-state index is 0.951. The smallest absolute Gasteiger partial charge is 0.137 e. The van der Waals surface area contributed by atoms with Crippen molar-refractivity contribution in [3.8, 4) is 11.3 Å². The maximum absolute atomic E-state index is 4.68. The van der Waals surface area contributed by atoms with Gasteiger partial charge in [-0.25, -0.2) is 4.98 Å². The van der Waals surface area contributed by atoms with Gasteiger partial charge in [-0.1, -0.05) is 18.2 Å². The molecular formula is C15H14BrN3. The van der Waals surface area contributed by atoms with E-state index in [1.807, 2.05) is 49.0 Å². The average Bonchev–Trinajstić information content (AvgIpc) is 2.81. The Morgan fingerprint density at radius 2 is 1.84 bits per heavy atom. The molecule has 0 aliphatic carbocycles. The highest BCUT2D eigenvalue weighted by molar-refractivity contribution is 9.10. The van der Waals surface area contributed by atoms with Crippen LogP contribution in [0.2, 0.25) is 0 Å². The van der Waals surface area contributed by atoms with Crippen molar-refractivity contribution in [1.82, 2.24) is 9.38 Å². The van der Waals surface area contributed by atoms with Crippen LogP contribution in [0.15, 0.2) is 53.3 Å². The van der Waals surface area contributed by atoms with Crippen molar-refractivity contribution in [3.05, 3.63) is 53.3 Å². The van der Waals surface area contributed by atoms with E-state index >= 15 is 0 Å². The van der Waals surface area contributed by atoms with Crippen molar-refractivity contribution in [1.29, 1.82) is 0 Å². The van der Waals surface area contributed by atoms with E-state index in [1.165, 1.54) is 5.69 Å². The van der Waals surface area contributed by atoms with Gasteiger partial charge in [0.2, 0.25) is 0 Å². The van der Waals surface area contributed by atoms with E-state index < -0.39 is 0 Å². The highest BCUT2D eigenvalue weighted by Gasteiger charge is 2.10. The summed E-state index contributed by atoms with van der Waals surface area (Å²) in [7, 11) is 4.09. The molecular weight excluding hydrogens is 302 g/mol. The topological polar surface area (TPSA) is 20.5 Å². The molecule has 0 saturated heterocycles. The highest BCUT2D eigenvalue weighted by atomic mass is 79.9. The number of nitrogens with zero attached hydrogens (tertiary/aromatic N) is 3. The number of fused-ring (bicyclic) bond motifs is 1. The predicted octanol–water partition coefficient (Wildman–Crippen LogP) is 3.83. The third kappa shape index (κ3) is 2.24. The van der Waals surface area contributed by atoms with Crippen LogP contribution in [0, 0.1) is 0 Å². The number of imidazole rings is 1. The van der Waals surface area contributed by atoms with Gasteiger partial charge in [0.05, 0.1) is 5.69 Å². The second-order valence-corrected chi connectivity index (χ2v) is 5.57. The maximum Gasteiger partial charge on any atom is 0.137 e. The number of hydrogen-bond acceptors (Lipinski definition) is 2. The standard InChI is InChI=1S/C15H14BrN3/c1-18(2)14-6-4-3-5-12(14)13-10-19-9-11(16)7-8-15(19)17-13/h3-10H,1-2H3. The van der Waals surface area contributed by atoms with Gasteiger partial charge >= 0.3 is 0 Å². The molecule has 3 aromatic rings. The third-order valence-corrected chi connectivity index (χ3v) is 3.55. The number of halogens is 1. The molecule has 2 heterocycles. The van der Waals surface area contributed by atoms with E-state index in [0.29, 0.717) is 0 Å². The maximum atomic E-state index is 4.68. The van der Waals surface area contributed by atoms with Crippen LogP contribution in [0.4, 0.5) is 5.69 Å². The minimum Gasteiger partial charge on any atom is -0.377 e. The number of pyridine rings is 1. The number of hydrogen-bond donors (Lipinski definition) is 0. The molecule has 0 aliphatic heterocycles. The summed E-state index contributed by atoms with van der Waals surface area (Å²) in [6.45, 7) is 0. The Morgan fingerprint density at radius 1 is 1.05 bits per heavy atom. The number of rotatable bonds is 2. The summed E-state index contributed by atoms with van der Waals surface area (Å²) in [5.41, 5.74) is 4.26. The van der Waals surface area contributed by atoms with Crippen LogP contribution in [-0.2, 0) is 0 Å². The van der Waals surface area contributed by atoms with Gasteiger partial charge in [0.15, 0.2) is 0 Å². The van der Waals surface area contributed by atoms with Crippen molar-refractivity contribution in [2.75, 3.05) is 19.0 Å². The van der Waals surface area contributed by atoms with Gasteiger partial charge in [-0.05, 0) is 34.1 Å². The van der Waals surface area contributed by atoms with Crippen molar-refractivity contribution >= 4 is 27.3 Å². The van der Waals surface area contributed by atoms with Gasteiger partial charge in [0.25, 0.3) is 0 Å². The second kappa shape index (κ2) is 4.70. The van der Waals surface area contributed by atoms with Gasteiger partial charge in [0.1, 0.15) is 5.65 Å². The molecule has 2 aromatic heterocycles. The van der Waals surface area contributed by atoms with Crippen molar-refractivity contribution < 1.29 is 0 Å². The number of aromatic nitrogens is 2. The lowest BCUT2D eigenvalue weighted by Crippen LogP contribution is -2.09. The van der Waals surface area contributed by atoms with Gasteiger partial charge in [-0.2, -0.15) is 0 Å². The van der Waals surface area contributed by atoms with Gasteiger partial charge in [-0.3, -0.25) is 0 Å². The molecule has 4 heteroatoms. The van der Waals surface area contributed by atoms with Crippen LogP contribution in [0.3, 0.4) is 0 Å². The van der Waals surface area contributed by atoms with Crippen LogP contribution >= 0.6 is 15.9 Å². The number of benzene rings is 1. The first-order valence-electron chi connectivity index (χ1n) is 6.06. The second-order valence-electron chi connectivity index (χ2n) is 4.65. The van der Waals surface area contributed by atoms with Crippen molar-refractivity contribution in [3.63, 3.8) is 0 Å². The Hall–Kier alpha value is -1.81. The zero-order chi connectivity index (χ0) is 13.4. The van der Waals surface area contributed by atoms with E-state index in [-0.39, 0.29) is 0 Å². The summed E-state index contributed by atoms with van der Waals surface area (Å²) in [5.74, 6) is 0. The van der Waals surface area contributed by atoms with E-state index in [0.717, 1.165) is 21.4 Å². The monoisotopic (exact) mass is 315 g/mol. The lowest BCUT2D eigenvalue weighted by Gasteiger charge is -2.15. The minimum atomic E-state index is 0.951. The summed E-state index contributed by atoms with van der Waals surface area (Å²) in [6, 6.07) is 12.3. The summed E-state index contributed by atoms with van der Waals surface area (Å²) in [6.07, 6.45) is 4.08. The van der Waals surface area contributed by atoms with Gasteiger partial charge in [0, 0.05) is 42.2 Å². The van der Waals surface area contributed by atoms with E-state index in [2.05, 4.69) is 44.1 Å². The number of anilines is 1. The molecule has 19 heavy (non-hydrogen) atoms. The fourth-order valence-electron chi connectivity index (χ4n) is 2.17. The van der Waals surface area contributed by atoms with Crippen LogP contribution in [-0.4, -0.2) is 23.5 Å². The van der Waals surface area contributed by atoms with Crippen molar-refractivity contribution in [2.24, 2.45) is 0 Å². The van der Waals surface area contributed by atoms with Crippen LogP contribution < -0.4 is 4.90 Å². The molecule has 0 atom stereocenters. The van der Waals surface area contributed by atoms with E-state index in [1.54, 1.807) is 0 Å². The van der Waals surface area contributed by atoms with Crippen molar-refractivity contribution in [2.45, 2.75) is 0 Å². The molecule has 96 valence electrons. The zero-order valence-electron chi connectivity index (χ0n) is 10.8. The molecule has 0 amide bonds. The normalized spacial score (nSPS) is 10.9. The van der Waals surface area contributed by atoms with E-state index in [9.17, 15) is 0 Å². The lowest BCUT2D eigenvalue weighted by atomic mass is 10.1. The SMILES string of the molecule is CN(C)c1ccccc1-c1cn2cc(Br)ccc2n1. The molecule has 3 rings (SSSR count). The molecule has 0 spiro atoms. The van der Waals surface area contributed by atoms with E-state index in [4.69, 9.17) is 0 Å². The first-order valence-corrected chi connectivity index (χ1v) is 6.85. The first-order chi connectivity index (χ1) is 9.15. The third-order valence-electron chi connectivity index (χ3n) is 3.08. The molecule has 0 aliphatic rings. The lowest BCUT2D eigenvalue weighted by molar-refractivity contribution is 1.13. The average molecular weight is 316 g/mol. The van der Waals surface area contributed by atoms with Crippen LogP contribution in [0.1, 0.15) is 0 Å². The Bertz CT molecular complexity index is 731. The molecule has 0 saturated carbocycles. The summed E-state index contributed by atoms with van der Waals surface area (Å²) in [4.78, 5) is 6.79. The molecule has 3 nitrogen and oxygen atoms in total. The zero-order valence-corrected chi connectivity index (χ0v) is 12.4. The Balaban J connectivity index is 2.19. The van der Waals surface area contributed by atoms with Gasteiger partial charge in [-0.15, -0.1) is 0 Å². The predicted molar refractivity (Wildman–Crippen MR) is 82.7 cm³/mol. The van der Waals surface area contributed by atoms with Crippen LogP contribution in [0.25, 0.3) is 16.9 Å². The summed E-state index contributed by atoms with van der Waals surface area (Å²) in [5, 5.41) is 0. The number of para-hydroxylation sites is 1. The summed E-state index contributed by atoms with van der Waals surface area (Å²) < 4.78 is 3.08. The van der Waals surface area contributed by atoms with Crippen LogP contribution in [0.5, 0.6) is 0 Å². The Kier molecular flexibility index (Phi) is 3.03. The van der Waals surface area contributed by atoms with Gasteiger partial charge < -0.3 is 9.30 Å².